The maximum absolute atomic E-state index is 13.5. The van der Waals surface area contributed by atoms with E-state index in [1.54, 1.807) is 24.3 Å². The molecule has 3 aromatic rings. The number of carbonyl (C=O) groups excluding carboxylic acids is 5. The second-order valence-electron chi connectivity index (χ2n) is 10.3. The van der Waals surface area contributed by atoms with E-state index in [0.717, 1.165) is 23.2 Å². The van der Waals surface area contributed by atoms with Gasteiger partial charge in [0.2, 0.25) is 17.7 Å². The molecule has 3 atom stereocenters. The van der Waals surface area contributed by atoms with Gasteiger partial charge in [0.05, 0.1) is 12.6 Å². The maximum atomic E-state index is 13.5. The van der Waals surface area contributed by atoms with Crippen LogP contribution in [0, 0.1) is 0 Å². The highest BCUT2D eigenvalue weighted by Crippen LogP contribution is 2.27. The van der Waals surface area contributed by atoms with Crippen LogP contribution in [0.5, 0.6) is 11.5 Å². The fraction of sp³-hybridized carbons (Fsp3) is 0.290. The molecule has 0 spiro atoms. The summed E-state index contributed by atoms with van der Waals surface area (Å²) in [5.74, 6) is -2.56. The zero-order chi connectivity index (χ0) is 34.8. The Morgan fingerprint density at radius 2 is 1.73 bits per heavy atom. The van der Waals surface area contributed by atoms with Crippen LogP contribution in [0.3, 0.4) is 0 Å². The van der Waals surface area contributed by atoms with Crippen molar-refractivity contribution in [2.24, 2.45) is 10.9 Å². The Hall–Kier alpha value is -5.42. The van der Waals surface area contributed by atoms with Crippen molar-refractivity contribution in [2.75, 3.05) is 20.1 Å². The number of rotatable bonds is 13. The molecule has 0 radical (unpaired) electrons. The third-order valence-corrected chi connectivity index (χ3v) is 7.94. The number of nitrogens with two attached hydrogens (primary N) is 1. The normalized spacial score (nSPS) is 16.6. The van der Waals surface area contributed by atoms with Crippen LogP contribution in [0.15, 0.2) is 71.2 Å². The molecule has 0 unspecified atom stereocenters. The Kier molecular flexibility index (Phi) is 12.1. The number of nitrogens with zero attached hydrogens (tertiary/aromatic N) is 2. The first-order valence-corrected chi connectivity index (χ1v) is 15.3. The topological polar surface area (TPSA) is 191 Å². The fourth-order valence-electron chi connectivity index (χ4n) is 4.68. The van der Waals surface area contributed by atoms with Gasteiger partial charge in [0, 0.05) is 48.3 Å². The summed E-state index contributed by atoms with van der Waals surface area (Å²) in [5.41, 5.74) is 6.36. The van der Waals surface area contributed by atoms with E-state index >= 15 is 0 Å². The summed E-state index contributed by atoms with van der Waals surface area (Å²) in [6.07, 6.45) is -1.49. The summed E-state index contributed by atoms with van der Waals surface area (Å²) < 4.78 is 36.5. The van der Waals surface area contributed by atoms with E-state index in [4.69, 9.17) is 10.5 Å². The minimum atomic E-state index is -3.16. The Balaban J connectivity index is 1.43. The molecule has 2 heterocycles. The summed E-state index contributed by atoms with van der Waals surface area (Å²) in [4.78, 5) is 69.2. The molecule has 4 amide bonds. The molecular formula is C31H32F2N6O8S. The predicted octanol–water partition coefficient (Wildman–Crippen LogP) is 2.27. The number of hydrogen-bond acceptors (Lipinski definition) is 10. The lowest BCUT2D eigenvalue weighted by Gasteiger charge is -2.25. The molecule has 1 aromatic heterocycles. The number of ether oxygens (including phenoxy) is 2. The fourth-order valence-corrected chi connectivity index (χ4v) is 5.63. The molecule has 48 heavy (non-hydrogen) atoms. The van der Waals surface area contributed by atoms with Gasteiger partial charge in [-0.25, -0.2) is 4.79 Å². The van der Waals surface area contributed by atoms with Crippen LogP contribution >= 0.6 is 11.3 Å². The van der Waals surface area contributed by atoms with Crippen molar-refractivity contribution in [2.45, 2.75) is 38.1 Å². The summed E-state index contributed by atoms with van der Waals surface area (Å²) in [6.45, 7) is -2.94. The number of carbonyl (C=O) groups is 5. The van der Waals surface area contributed by atoms with Crippen LogP contribution in [0.1, 0.15) is 40.2 Å². The molecule has 1 aliphatic rings. The van der Waals surface area contributed by atoms with Gasteiger partial charge in [-0.15, -0.1) is 11.3 Å². The lowest BCUT2D eigenvalue weighted by atomic mass is 10.1. The zero-order valence-corrected chi connectivity index (χ0v) is 26.5. The van der Waals surface area contributed by atoms with Crippen LogP contribution in [0.4, 0.5) is 8.78 Å². The van der Waals surface area contributed by atoms with Crippen molar-refractivity contribution >= 4 is 46.8 Å². The van der Waals surface area contributed by atoms with Crippen LogP contribution < -0.4 is 26.4 Å². The number of likely N-dealkylation sites (N-methyl/N-ethyl adjacent to an activating group) is 1. The van der Waals surface area contributed by atoms with Gasteiger partial charge < -0.3 is 40.9 Å². The molecule has 0 saturated carbocycles. The number of amidine groups is 1. The summed E-state index contributed by atoms with van der Waals surface area (Å²) in [7, 11) is 1.34. The number of oxime groups is 1. The van der Waals surface area contributed by atoms with Crippen LogP contribution in [0.2, 0.25) is 0 Å². The van der Waals surface area contributed by atoms with Gasteiger partial charge in [-0.2, -0.15) is 8.78 Å². The third-order valence-electron chi connectivity index (χ3n) is 6.94. The lowest BCUT2D eigenvalue weighted by molar-refractivity contribution is -0.160. The average molecular weight is 687 g/mol. The lowest BCUT2D eigenvalue weighted by Crippen LogP contribution is -2.51. The van der Waals surface area contributed by atoms with E-state index < -0.39 is 60.9 Å². The third kappa shape index (κ3) is 9.55. The number of thiophene rings is 1. The first-order valence-electron chi connectivity index (χ1n) is 14.4. The van der Waals surface area contributed by atoms with Crippen molar-refractivity contribution in [3.63, 3.8) is 0 Å². The highest BCUT2D eigenvalue weighted by molar-refractivity contribution is 7.10. The largest absolute Gasteiger partial charge is 0.457 e. The highest BCUT2D eigenvalue weighted by Gasteiger charge is 2.42. The van der Waals surface area contributed by atoms with Crippen molar-refractivity contribution in [3.05, 3.63) is 82.0 Å². The van der Waals surface area contributed by atoms with Gasteiger partial charge in [-0.1, -0.05) is 23.4 Å². The van der Waals surface area contributed by atoms with Crippen molar-refractivity contribution < 1.29 is 47.1 Å². The van der Waals surface area contributed by atoms with Crippen molar-refractivity contribution in [3.8, 4) is 11.5 Å². The Labute approximate surface area is 277 Å². The first kappa shape index (κ1) is 35.4. The van der Waals surface area contributed by atoms with E-state index in [1.165, 1.54) is 30.6 Å². The van der Waals surface area contributed by atoms with E-state index in [-0.39, 0.29) is 24.4 Å². The predicted molar refractivity (Wildman–Crippen MR) is 168 cm³/mol. The standard InChI is InChI=1S/C31H32F2N6O8S/c1-17(40)47-38-27(34)19-12-24(48-16-19)26(30(44)35-2)37-29(43)23-13-22(46-31(32)33)15-39(23)25(41)14-36-28(42)18-8-10-21(11-9-18)45-20-6-4-3-5-7-20/h3-12,16,22-23,26,31H,13-15H2,1-2H3,(H2,34,38)(H,35,44)(H,36,42)(H,37,43)/t22-,23+,26-/m1/s1. The monoisotopic (exact) mass is 686 g/mol. The molecule has 0 bridgehead atoms. The smallest absolute Gasteiger partial charge is 0.345 e. The molecule has 17 heteroatoms. The number of likely N-dealkylation sites (tertiary alicyclic amines) is 1. The average Bonchev–Trinajstić information content (AvgIpc) is 3.73. The molecule has 0 aliphatic carbocycles. The number of benzene rings is 2. The second-order valence-corrected chi connectivity index (χ2v) is 11.2. The van der Waals surface area contributed by atoms with Gasteiger partial charge in [-0.05, 0) is 42.5 Å². The molecule has 254 valence electrons. The molecule has 4 rings (SSSR count). The SMILES string of the molecule is CNC(=O)[C@H](NC(=O)[C@@H]1C[C@@H](OC(F)F)CN1C(=O)CNC(=O)c1ccc(Oc2ccccc2)cc1)c1cc(/C(N)=N/OC(C)=O)cs1. The Morgan fingerprint density at radius 1 is 1.04 bits per heavy atom. The number of halogens is 2. The van der Waals surface area contributed by atoms with Gasteiger partial charge in [0.15, 0.2) is 5.84 Å². The molecule has 14 nitrogen and oxygen atoms in total. The summed E-state index contributed by atoms with van der Waals surface area (Å²) >= 11 is 1.04. The van der Waals surface area contributed by atoms with E-state index in [9.17, 15) is 32.8 Å². The minimum absolute atomic E-state index is 0.159. The molecule has 1 aliphatic heterocycles. The van der Waals surface area contributed by atoms with E-state index in [0.29, 0.717) is 21.9 Å². The van der Waals surface area contributed by atoms with Gasteiger partial charge in [0.25, 0.3) is 5.91 Å². The minimum Gasteiger partial charge on any atom is -0.457 e. The molecule has 2 aromatic carbocycles. The Bertz CT molecular complexity index is 1650. The van der Waals surface area contributed by atoms with Gasteiger partial charge in [-0.3, -0.25) is 19.2 Å². The number of nitrogens with one attached hydrogen (secondary N) is 3. The first-order chi connectivity index (χ1) is 22.9. The summed E-state index contributed by atoms with van der Waals surface area (Å²) in [6, 6.07) is 14.0. The maximum Gasteiger partial charge on any atom is 0.345 e. The second kappa shape index (κ2) is 16.4. The Morgan fingerprint density at radius 3 is 2.38 bits per heavy atom. The number of alkyl halides is 2. The van der Waals surface area contributed by atoms with Crippen LogP contribution in [0.25, 0.3) is 0 Å². The number of para-hydroxylation sites is 1. The highest BCUT2D eigenvalue weighted by atomic mass is 32.1. The van der Waals surface area contributed by atoms with E-state index in [2.05, 4.69) is 30.7 Å². The molecule has 1 saturated heterocycles. The van der Waals surface area contributed by atoms with Crippen LogP contribution in [-0.2, 0) is 28.8 Å². The van der Waals surface area contributed by atoms with Crippen molar-refractivity contribution in [1.29, 1.82) is 0 Å². The van der Waals surface area contributed by atoms with Crippen LogP contribution in [-0.4, -0.2) is 79.2 Å². The van der Waals surface area contributed by atoms with Crippen molar-refractivity contribution in [1.82, 2.24) is 20.9 Å². The molecule has 1 fully saturated rings. The summed E-state index contributed by atoms with van der Waals surface area (Å²) in [5, 5.41) is 12.5. The zero-order valence-electron chi connectivity index (χ0n) is 25.7. The van der Waals surface area contributed by atoms with Gasteiger partial charge in [0.1, 0.15) is 23.6 Å². The molecular weight excluding hydrogens is 654 g/mol. The number of hydrogen-bond donors (Lipinski definition) is 4. The van der Waals surface area contributed by atoms with E-state index in [1.807, 2.05) is 18.2 Å². The molecule has 5 N–H and O–H groups in total. The number of amides is 4. The quantitative estimate of drug-likeness (QED) is 0.0904. The van der Waals surface area contributed by atoms with Gasteiger partial charge >= 0.3 is 12.6 Å².